The maximum Gasteiger partial charge on any atom is 0.205 e. The molecule has 5 heteroatoms. The number of hydrogen-bond donors (Lipinski definition) is 1. The van der Waals surface area contributed by atoms with Crippen molar-refractivity contribution in [2.45, 2.75) is 13.3 Å². The van der Waals surface area contributed by atoms with Gasteiger partial charge in [0.05, 0.1) is 15.5 Å². The molecule has 0 aliphatic carbocycles. The lowest BCUT2D eigenvalue weighted by atomic mass is 10.1. The van der Waals surface area contributed by atoms with Crippen LogP contribution in [-0.4, -0.2) is 9.55 Å². The standard InChI is InChI=1S/C15H13BrFN3/c1-2-9-4-3-5-10(6-9)20-14-7-11(16)12(17)8-13(14)19-15(20)18/h3-8H,2H2,1H3,(H2,18,19). The van der Waals surface area contributed by atoms with Crippen molar-refractivity contribution in [2.75, 3.05) is 5.73 Å². The van der Waals surface area contributed by atoms with E-state index in [1.807, 2.05) is 16.7 Å². The van der Waals surface area contributed by atoms with Gasteiger partial charge in [-0.1, -0.05) is 19.1 Å². The lowest BCUT2D eigenvalue weighted by Crippen LogP contribution is -2.01. The first-order valence-corrected chi connectivity index (χ1v) is 7.11. The first-order valence-electron chi connectivity index (χ1n) is 6.32. The van der Waals surface area contributed by atoms with Crippen LogP contribution in [0.3, 0.4) is 0 Å². The van der Waals surface area contributed by atoms with Gasteiger partial charge in [0.15, 0.2) is 0 Å². The van der Waals surface area contributed by atoms with Crippen LogP contribution in [0.4, 0.5) is 10.3 Å². The molecule has 0 aliphatic rings. The monoisotopic (exact) mass is 333 g/mol. The number of nitrogens with two attached hydrogens (primary N) is 1. The van der Waals surface area contributed by atoms with Crippen LogP contribution in [0, 0.1) is 5.82 Å². The largest absolute Gasteiger partial charge is 0.369 e. The molecule has 2 N–H and O–H groups in total. The molecular formula is C15H13BrFN3. The van der Waals surface area contributed by atoms with Gasteiger partial charge in [-0.15, -0.1) is 0 Å². The van der Waals surface area contributed by atoms with E-state index in [-0.39, 0.29) is 5.82 Å². The third-order valence-electron chi connectivity index (χ3n) is 3.30. The molecule has 20 heavy (non-hydrogen) atoms. The number of aryl methyl sites for hydroxylation is 1. The van der Waals surface area contributed by atoms with Gasteiger partial charge in [-0.3, -0.25) is 4.57 Å². The summed E-state index contributed by atoms with van der Waals surface area (Å²) in [5, 5.41) is 0. The van der Waals surface area contributed by atoms with Gasteiger partial charge in [0.2, 0.25) is 5.95 Å². The molecule has 0 unspecified atom stereocenters. The van der Waals surface area contributed by atoms with E-state index >= 15 is 0 Å². The number of anilines is 1. The van der Waals surface area contributed by atoms with Crippen molar-refractivity contribution in [3.05, 3.63) is 52.3 Å². The van der Waals surface area contributed by atoms with E-state index in [1.54, 1.807) is 6.07 Å². The van der Waals surface area contributed by atoms with Crippen molar-refractivity contribution in [2.24, 2.45) is 0 Å². The highest BCUT2D eigenvalue weighted by atomic mass is 79.9. The van der Waals surface area contributed by atoms with Gasteiger partial charge in [-0.25, -0.2) is 9.37 Å². The van der Waals surface area contributed by atoms with Crippen LogP contribution in [-0.2, 0) is 6.42 Å². The summed E-state index contributed by atoms with van der Waals surface area (Å²) in [7, 11) is 0. The maximum atomic E-state index is 13.6. The molecule has 1 heterocycles. The first kappa shape index (κ1) is 13.1. The zero-order valence-corrected chi connectivity index (χ0v) is 12.5. The van der Waals surface area contributed by atoms with Crippen LogP contribution in [0.5, 0.6) is 0 Å². The first-order chi connectivity index (χ1) is 9.60. The Kier molecular flexibility index (Phi) is 3.22. The molecule has 0 fully saturated rings. The maximum absolute atomic E-state index is 13.6. The molecule has 0 atom stereocenters. The Hall–Kier alpha value is -1.88. The average molecular weight is 334 g/mol. The van der Waals surface area contributed by atoms with Gasteiger partial charge < -0.3 is 5.73 Å². The van der Waals surface area contributed by atoms with E-state index in [1.165, 1.54) is 11.6 Å². The summed E-state index contributed by atoms with van der Waals surface area (Å²) < 4.78 is 15.8. The molecule has 102 valence electrons. The SMILES string of the molecule is CCc1cccc(-n2c(N)nc3cc(F)c(Br)cc32)c1. The summed E-state index contributed by atoms with van der Waals surface area (Å²) in [5.41, 5.74) is 9.47. The van der Waals surface area contributed by atoms with Crippen molar-refractivity contribution < 1.29 is 4.39 Å². The van der Waals surface area contributed by atoms with Crippen LogP contribution in [0.1, 0.15) is 12.5 Å². The van der Waals surface area contributed by atoms with Gasteiger partial charge in [-0.2, -0.15) is 0 Å². The Balaban J connectivity index is 2.29. The van der Waals surface area contributed by atoms with Crippen LogP contribution in [0.15, 0.2) is 40.9 Å². The fourth-order valence-electron chi connectivity index (χ4n) is 2.28. The molecule has 0 amide bonds. The predicted molar refractivity (Wildman–Crippen MR) is 82.5 cm³/mol. The second kappa shape index (κ2) is 4.90. The van der Waals surface area contributed by atoms with E-state index in [0.29, 0.717) is 15.9 Å². The molecule has 0 saturated carbocycles. The number of nitrogen functional groups attached to an aromatic ring is 1. The normalized spacial score (nSPS) is 11.2. The molecule has 0 radical (unpaired) electrons. The van der Waals surface area contributed by atoms with Crippen LogP contribution in [0.25, 0.3) is 16.7 Å². The lowest BCUT2D eigenvalue weighted by Gasteiger charge is -2.08. The molecule has 3 rings (SSSR count). The van der Waals surface area contributed by atoms with Gasteiger partial charge in [0.25, 0.3) is 0 Å². The van der Waals surface area contributed by atoms with Gasteiger partial charge in [0.1, 0.15) is 5.82 Å². The molecule has 2 aromatic carbocycles. The van der Waals surface area contributed by atoms with Crippen LogP contribution < -0.4 is 5.73 Å². The number of aromatic nitrogens is 2. The number of hydrogen-bond acceptors (Lipinski definition) is 2. The highest BCUT2D eigenvalue weighted by Gasteiger charge is 2.13. The quantitative estimate of drug-likeness (QED) is 0.768. The highest BCUT2D eigenvalue weighted by Crippen LogP contribution is 2.28. The summed E-state index contributed by atoms with van der Waals surface area (Å²) in [5.74, 6) is 0.00946. The molecule has 0 aliphatic heterocycles. The Labute approximate surface area is 124 Å². The molecule has 1 aromatic heterocycles. The third-order valence-corrected chi connectivity index (χ3v) is 3.91. The molecule has 0 saturated heterocycles. The molecule has 0 spiro atoms. The van der Waals surface area contributed by atoms with E-state index in [0.717, 1.165) is 17.6 Å². The molecule has 0 bridgehead atoms. The van der Waals surface area contributed by atoms with Crippen molar-refractivity contribution in [3.63, 3.8) is 0 Å². The van der Waals surface area contributed by atoms with Crippen molar-refractivity contribution in [1.82, 2.24) is 9.55 Å². The third kappa shape index (κ3) is 2.08. The number of halogens is 2. The fraction of sp³-hybridized carbons (Fsp3) is 0.133. The minimum absolute atomic E-state index is 0.343. The zero-order chi connectivity index (χ0) is 14.3. The second-order valence-electron chi connectivity index (χ2n) is 4.58. The van der Waals surface area contributed by atoms with Crippen molar-refractivity contribution in [1.29, 1.82) is 0 Å². The predicted octanol–water partition coefficient (Wildman–Crippen LogP) is 4.07. The Morgan fingerprint density at radius 1 is 1.30 bits per heavy atom. The summed E-state index contributed by atoms with van der Waals surface area (Å²) in [6.45, 7) is 2.10. The number of nitrogens with zero attached hydrogens (tertiary/aromatic N) is 2. The summed E-state index contributed by atoms with van der Waals surface area (Å²) >= 11 is 3.20. The highest BCUT2D eigenvalue weighted by molar-refractivity contribution is 9.10. The minimum Gasteiger partial charge on any atom is -0.369 e. The number of benzene rings is 2. The van der Waals surface area contributed by atoms with Gasteiger partial charge in [0, 0.05) is 11.8 Å². The summed E-state index contributed by atoms with van der Waals surface area (Å²) in [4.78, 5) is 4.23. The molecule has 3 nitrogen and oxygen atoms in total. The Morgan fingerprint density at radius 2 is 2.10 bits per heavy atom. The van der Waals surface area contributed by atoms with E-state index < -0.39 is 0 Å². The summed E-state index contributed by atoms with van der Waals surface area (Å²) in [6.07, 6.45) is 0.943. The Morgan fingerprint density at radius 3 is 2.85 bits per heavy atom. The number of imidazole rings is 1. The molecular weight excluding hydrogens is 321 g/mol. The number of rotatable bonds is 2. The van der Waals surface area contributed by atoms with Crippen molar-refractivity contribution in [3.8, 4) is 5.69 Å². The number of fused-ring (bicyclic) bond motifs is 1. The second-order valence-corrected chi connectivity index (χ2v) is 5.44. The van der Waals surface area contributed by atoms with Crippen molar-refractivity contribution >= 4 is 32.9 Å². The fourth-order valence-corrected chi connectivity index (χ4v) is 2.61. The topological polar surface area (TPSA) is 43.8 Å². The van der Waals surface area contributed by atoms with E-state index in [4.69, 9.17) is 5.73 Å². The zero-order valence-electron chi connectivity index (χ0n) is 10.9. The minimum atomic E-state index is -0.343. The summed E-state index contributed by atoms with van der Waals surface area (Å²) in [6, 6.07) is 11.2. The molecule has 3 aromatic rings. The van der Waals surface area contributed by atoms with Crippen LogP contribution >= 0.6 is 15.9 Å². The van der Waals surface area contributed by atoms with E-state index in [2.05, 4.69) is 40.0 Å². The smallest absolute Gasteiger partial charge is 0.205 e. The van der Waals surface area contributed by atoms with E-state index in [9.17, 15) is 4.39 Å². The average Bonchev–Trinajstić information content (AvgIpc) is 2.74. The van der Waals surface area contributed by atoms with Gasteiger partial charge in [-0.05, 0) is 46.1 Å². The lowest BCUT2D eigenvalue weighted by molar-refractivity contribution is 0.623. The Bertz CT molecular complexity index is 795. The van der Waals surface area contributed by atoms with Gasteiger partial charge >= 0.3 is 0 Å². The van der Waals surface area contributed by atoms with Crippen LogP contribution in [0.2, 0.25) is 0 Å².